The van der Waals surface area contributed by atoms with Gasteiger partial charge in [-0.15, -0.1) is 0 Å². The summed E-state index contributed by atoms with van der Waals surface area (Å²) >= 11 is 0. The van der Waals surface area contributed by atoms with Crippen LogP contribution in [-0.2, 0) is 0 Å². The van der Waals surface area contributed by atoms with Gasteiger partial charge in [-0.05, 0) is 31.0 Å². The molecule has 0 saturated carbocycles. The first-order valence-corrected chi connectivity index (χ1v) is 6.96. The predicted octanol–water partition coefficient (Wildman–Crippen LogP) is 3.09. The van der Waals surface area contributed by atoms with Crippen LogP contribution in [-0.4, -0.2) is 23.2 Å². The SMILES string of the molecule is CCCNC(=O)c1cncc(-c2cccc(C(C)=O)c2)c1. The predicted molar refractivity (Wildman–Crippen MR) is 82.3 cm³/mol. The Balaban J connectivity index is 2.30. The van der Waals surface area contributed by atoms with E-state index in [1.807, 2.05) is 25.1 Å². The van der Waals surface area contributed by atoms with Crippen molar-refractivity contribution < 1.29 is 9.59 Å². The van der Waals surface area contributed by atoms with Crippen molar-refractivity contribution in [1.82, 2.24) is 10.3 Å². The second-order valence-electron chi connectivity index (χ2n) is 4.86. The summed E-state index contributed by atoms with van der Waals surface area (Å²) in [6, 6.07) is 9.11. The highest BCUT2D eigenvalue weighted by molar-refractivity contribution is 5.96. The van der Waals surface area contributed by atoms with E-state index in [1.165, 1.54) is 6.92 Å². The van der Waals surface area contributed by atoms with Crippen LogP contribution in [0.5, 0.6) is 0 Å². The van der Waals surface area contributed by atoms with Gasteiger partial charge in [-0.25, -0.2) is 0 Å². The number of carbonyl (C=O) groups excluding carboxylic acids is 2. The lowest BCUT2D eigenvalue weighted by Crippen LogP contribution is -2.24. The number of aromatic nitrogens is 1. The number of hydrogen-bond acceptors (Lipinski definition) is 3. The summed E-state index contributed by atoms with van der Waals surface area (Å²) in [6.07, 6.45) is 4.12. The molecule has 0 saturated heterocycles. The number of hydrogen-bond donors (Lipinski definition) is 1. The summed E-state index contributed by atoms with van der Waals surface area (Å²) < 4.78 is 0. The molecule has 0 atom stereocenters. The molecule has 2 rings (SSSR count). The summed E-state index contributed by atoms with van der Waals surface area (Å²) in [6.45, 7) is 4.18. The highest BCUT2D eigenvalue weighted by Crippen LogP contribution is 2.21. The monoisotopic (exact) mass is 282 g/mol. The number of amides is 1. The molecule has 0 aliphatic carbocycles. The average molecular weight is 282 g/mol. The molecule has 1 aromatic carbocycles. The molecule has 108 valence electrons. The maximum atomic E-state index is 12.0. The van der Waals surface area contributed by atoms with Crippen LogP contribution in [0.25, 0.3) is 11.1 Å². The van der Waals surface area contributed by atoms with E-state index < -0.39 is 0 Å². The lowest BCUT2D eigenvalue weighted by atomic mass is 10.0. The standard InChI is InChI=1S/C17H18N2O2/c1-3-7-19-17(21)16-9-15(10-18-11-16)14-6-4-5-13(8-14)12(2)20/h4-6,8-11H,3,7H2,1-2H3,(H,19,21). The Hall–Kier alpha value is -2.49. The fraction of sp³-hybridized carbons (Fsp3) is 0.235. The molecular weight excluding hydrogens is 264 g/mol. The van der Waals surface area contributed by atoms with Crippen molar-refractivity contribution in [3.8, 4) is 11.1 Å². The third-order valence-corrected chi connectivity index (χ3v) is 3.14. The highest BCUT2D eigenvalue weighted by atomic mass is 16.1. The van der Waals surface area contributed by atoms with Gasteiger partial charge >= 0.3 is 0 Å². The molecule has 0 aliphatic heterocycles. The molecule has 1 N–H and O–H groups in total. The molecule has 1 heterocycles. The third kappa shape index (κ3) is 3.75. The van der Waals surface area contributed by atoms with Crippen molar-refractivity contribution in [1.29, 1.82) is 0 Å². The maximum Gasteiger partial charge on any atom is 0.252 e. The molecule has 0 spiro atoms. The molecule has 1 aromatic heterocycles. The number of pyridine rings is 1. The quantitative estimate of drug-likeness (QED) is 0.857. The lowest BCUT2D eigenvalue weighted by Gasteiger charge is -2.07. The smallest absolute Gasteiger partial charge is 0.252 e. The Labute approximate surface area is 124 Å². The molecular formula is C17H18N2O2. The minimum absolute atomic E-state index is 0.0154. The van der Waals surface area contributed by atoms with E-state index in [-0.39, 0.29) is 11.7 Å². The van der Waals surface area contributed by atoms with Crippen LogP contribution in [0.3, 0.4) is 0 Å². The number of rotatable bonds is 5. The van der Waals surface area contributed by atoms with E-state index in [2.05, 4.69) is 10.3 Å². The second-order valence-corrected chi connectivity index (χ2v) is 4.86. The van der Waals surface area contributed by atoms with Crippen LogP contribution in [0.15, 0.2) is 42.7 Å². The zero-order chi connectivity index (χ0) is 15.2. The Bertz CT molecular complexity index is 665. The Kier molecular flexibility index (Phi) is 4.82. The van der Waals surface area contributed by atoms with Crippen LogP contribution < -0.4 is 5.32 Å². The molecule has 2 aromatic rings. The van der Waals surface area contributed by atoms with E-state index in [0.717, 1.165) is 17.5 Å². The maximum absolute atomic E-state index is 12.0. The van der Waals surface area contributed by atoms with Crippen LogP contribution in [0.2, 0.25) is 0 Å². The van der Waals surface area contributed by atoms with Crippen molar-refractivity contribution in [2.24, 2.45) is 0 Å². The molecule has 0 unspecified atom stereocenters. The number of Topliss-reactive ketones (excluding diaryl/α,β-unsaturated/α-hetero) is 1. The third-order valence-electron chi connectivity index (χ3n) is 3.14. The normalized spacial score (nSPS) is 10.2. The minimum Gasteiger partial charge on any atom is -0.352 e. The van der Waals surface area contributed by atoms with Crippen molar-refractivity contribution in [2.45, 2.75) is 20.3 Å². The molecule has 1 amide bonds. The van der Waals surface area contributed by atoms with Gasteiger partial charge in [-0.3, -0.25) is 14.6 Å². The van der Waals surface area contributed by atoms with E-state index in [0.29, 0.717) is 17.7 Å². The molecule has 21 heavy (non-hydrogen) atoms. The van der Waals surface area contributed by atoms with E-state index in [1.54, 1.807) is 24.5 Å². The first-order chi connectivity index (χ1) is 10.1. The van der Waals surface area contributed by atoms with Gasteiger partial charge < -0.3 is 5.32 Å². The van der Waals surface area contributed by atoms with E-state index >= 15 is 0 Å². The zero-order valence-electron chi connectivity index (χ0n) is 12.2. The first kappa shape index (κ1) is 14.9. The van der Waals surface area contributed by atoms with Gasteiger partial charge in [-0.1, -0.05) is 25.1 Å². The van der Waals surface area contributed by atoms with Gasteiger partial charge in [0.15, 0.2) is 5.78 Å². The van der Waals surface area contributed by atoms with Gasteiger partial charge in [0.25, 0.3) is 5.91 Å². The number of carbonyl (C=O) groups is 2. The van der Waals surface area contributed by atoms with E-state index in [4.69, 9.17) is 0 Å². The number of nitrogens with zero attached hydrogens (tertiary/aromatic N) is 1. The number of benzene rings is 1. The Morgan fingerprint density at radius 3 is 2.57 bits per heavy atom. The largest absolute Gasteiger partial charge is 0.352 e. The summed E-state index contributed by atoms with van der Waals surface area (Å²) in [5.74, 6) is -0.115. The lowest BCUT2D eigenvalue weighted by molar-refractivity contribution is 0.0952. The van der Waals surface area contributed by atoms with Gasteiger partial charge in [-0.2, -0.15) is 0 Å². The van der Waals surface area contributed by atoms with Crippen LogP contribution in [0, 0.1) is 0 Å². The van der Waals surface area contributed by atoms with Crippen molar-refractivity contribution in [3.05, 3.63) is 53.9 Å². The highest BCUT2D eigenvalue weighted by Gasteiger charge is 2.08. The summed E-state index contributed by atoms with van der Waals surface area (Å²) in [7, 11) is 0. The van der Waals surface area contributed by atoms with Crippen LogP contribution >= 0.6 is 0 Å². The first-order valence-electron chi connectivity index (χ1n) is 6.96. The second kappa shape index (κ2) is 6.79. The number of ketones is 1. The summed E-state index contributed by atoms with van der Waals surface area (Å²) in [5.41, 5.74) is 2.87. The molecule has 0 radical (unpaired) electrons. The van der Waals surface area contributed by atoms with E-state index in [9.17, 15) is 9.59 Å². The molecule has 4 heteroatoms. The number of nitrogens with one attached hydrogen (secondary N) is 1. The summed E-state index contributed by atoms with van der Waals surface area (Å²) in [5, 5.41) is 2.82. The van der Waals surface area contributed by atoms with Gasteiger partial charge in [0, 0.05) is 30.1 Å². The van der Waals surface area contributed by atoms with Crippen LogP contribution in [0.4, 0.5) is 0 Å². The van der Waals surface area contributed by atoms with Crippen LogP contribution in [0.1, 0.15) is 41.0 Å². The van der Waals surface area contributed by atoms with Crippen molar-refractivity contribution in [3.63, 3.8) is 0 Å². The molecule has 0 bridgehead atoms. The van der Waals surface area contributed by atoms with Crippen molar-refractivity contribution in [2.75, 3.05) is 6.54 Å². The van der Waals surface area contributed by atoms with Crippen molar-refractivity contribution >= 4 is 11.7 Å². The topological polar surface area (TPSA) is 59.1 Å². The van der Waals surface area contributed by atoms with Gasteiger partial charge in [0.1, 0.15) is 0 Å². The average Bonchev–Trinajstić information content (AvgIpc) is 2.52. The van der Waals surface area contributed by atoms with Gasteiger partial charge in [0.2, 0.25) is 0 Å². The fourth-order valence-corrected chi connectivity index (χ4v) is 1.98. The minimum atomic E-state index is -0.131. The molecule has 0 aliphatic rings. The summed E-state index contributed by atoms with van der Waals surface area (Å²) in [4.78, 5) is 27.5. The van der Waals surface area contributed by atoms with Gasteiger partial charge in [0.05, 0.1) is 5.56 Å². The fourth-order valence-electron chi connectivity index (χ4n) is 1.98. The zero-order valence-corrected chi connectivity index (χ0v) is 12.2. The molecule has 0 fully saturated rings. The Morgan fingerprint density at radius 2 is 1.86 bits per heavy atom. The molecule has 4 nitrogen and oxygen atoms in total. The Morgan fingerprint density at radius 1 is 1.10 bits per heavy atom.